The zero-order chi connectivity index (χ0) is 16.1. The van der Waals surface area contributed by atoms with Crippen LogP contribution >= 0.6 is 0 Å². The number of rotatable bonds is 12. The van der Waals surface area contributed by atoms with Crippen LogP contribution in [0.2, 0.25) is 0 Å². The molecule has 0 fully saturated rings. The van der Waals surface area contributed by atoms with Gasteiger partial charge in [0.1, 0.15) is 0 Å². The maximum Gasteiger partial charge on any atom is 0.306 e. The van der Waals surface area contributed by atoms with Crippen LogP contribution in [0.3, 0.4) is 0 Å². The van der Waals surface area contributed by atoms with Crippen molar-refractivity contribution in [1.82, 2.24) is 0 Å². The van der Waals surface area contributed by atoms with Crippen molar-refractivity contribution in [3.63, 3.8) is 0 Å². The lowest BCUT2D eigenvalue weighted by atomic mass is 9.89. The van der Waals surface area contributed by atoms with Crippen molar-refractivity contribution in [2.24, 2.45) is 11.8 Å². The van der Waals surface area contributed by atoms with Gasteiger partial charge in [-0.15, -0.1) is 0 Å². The Balaban J connectivity index is 4.35. The summed E-state index contributed by atoms with van der Waals surface area (Å²) in [4.78, 5) is 11.6. The first-order chi connectivity index (χ1) is 10.0. The fraction of sp³-hybridized carbons (Fsp3) is 0.842. The van der Waals surface area contributed by atoms with Gasteiger partial charge in [0.05, 0.1) is 6.61 Å². The minimum Gasteiger partial charge on any atom is -0.466 e. The summed E-state index contributed by atoms with van der Waals surface area (Å²) >= 11 is 0. The first-order valence-corrected chi connectivity index (χ1v) is 8.85. The molecule has 1 atom stereocenters. The van der Waals surface area contributed by atoms with Gasteiger partial charge in [0.25, 0.3) is 0 Å². The average molecular weight is 296 g/mol. The second kappa shape index (κ2) is 12.9. The van der Waals surface area contributed by atoms with E-state index < -0.39 is 0 Å². The molecule has 0 bridgehead atoms. The van der Waals surface area contributed by atoms with Gasteiger partial charge in [-0.05, 0) is 38.0 Å². The lowest BCUT2D eigenvalue weighted by molar-refractivity contribution is -0.143. The Hall–Kier alpha value is -0.790. The lowest BCUT2D eigenvalue weighted by Crippen LogP contribution is -2.07. The first-order valence-electron chi connectivity index (χ1n) is 8.85. The Kier molecular flexibility index (Phi) is 12.4. The zero-order valence-corrected chi connectivity index (χ0v) is 14.9. The molecule has 0 amide bonds. The van der Waals surface area contributed by atoms with Crippen molar-refractivity contribution < 1.29 is 9.53 Å². The summed E-state index contributed by atoms with van der Waals surface area (Å²) in [5, 5.41) is 0. The van der Waals surface area contributed by atoms with Gasteiger partial charge in [-0.25, -0.2) is 0 Å². The quantitative estimate of drug-likeness (QED) is 0.254. The van der Waals surface area contributed by atoms with Crippen LogP contribution in [-0.2, 0) is 9.53 Å². The number of hydrogen-bond donors (Lipinski definition) is 0. The summed E-state index contributed by atoms with van der Waals surface area (Å²) in [5.74, 6) is 1.31. The Labute approximate surface area is 132 Å². The van der Waals surface area contributed by atoms with Crippen LogP contribution in [0.1, 0.15) is 86.0 Å². The number of allylic oxidation sites excluding steroid dienone is 2. The summed E-state index contributed by atoms with van der Waals surface area (Å²) in [6.07, 6.45) is 11.2. The smallest absolute Gasteiger partial charge is 0.306 e. The Morgan fingerprint density at radius 2 is 1.76 bits per heavy atom. The van der Waals surface area contributed by atoms with Gasteiger partial charge >= 0.3 is 5.97 Å². The minimum absolute atomic E-state index is 0.0618. The monoisotopic (exact) mass is 296 g/mol. The van der Waals surface area contributed by atoms with E-state index in [1.165, 1.54) is 37.7 Å². The molecule has 0 unspecified atom stereocenters. The van der Waals surface area contributed by atoms with Crippen molar-refractivity contribution in [2.75, 3.05) is 6.61 Å². The zero-order valence-electron chi connectivity index (χ0n) is 14.9. The van der Waals surface area contributed by atoms with Crippen LogP contribution in [-0.4, -0.2) is 12.6 Å². The Bertz CT molecular complexity index is 292. The highest BCUT2D eigenvalue weighted by atomic mass is 16.5. The first kappa shape index (κ1) is 20.2. The summed E-state index contributed by atoms with van der Waals surface area (Å²) in [6.45, 7) is 11.4. The van der Waals surface area contributed by atoms with Crippen LogP contribution in [0.4, 0.5) is 0 Å². The lowest BCUT2D eigenvalue weighted by Gasteiger charge is -2.17. The third kappa shape index (κ3) is 11.5. The van der Waals surface area contributed by atoms with Crippen molar-refractivity contribution in [3.05, 3.63) is 11.6 Å². The van der Waals surface area contributed by atoms with Crippen molar-refractivity contribution >= 4 is 5.97 Å². The van der Waals surface area contributed by atoms with E-state index in [4.69, 9.17) is 4.74 Å². The van der Waals surface area contributed by atoms with Crippen LogP contribution in [0.5, 0.6) is 0 Å². The van der Waals surface area contributed by atoms with Crippen molar-refractivity contribution in [1.29, 1.82) is 0 Å². The third-order valence-corrected chi connectivity index (χ3v) is 3.94. The summed E-state index contributed by atoms with van der Waals surface area (Å²) in [5.41, 5.74) is 1.46. The summed E-state index contributed by atoms with van der Waals surface area (Å²) in [7, 11) is 0. The molecule has 0 rings (SSSR count). The van der Waals surface area contributed by atoms with Crippen molar-refractivity contribution in [2.45, 2.75) is 86.0 Å². The van der Waals surface area contributed by atoms with E-state index in [0.29, 0.717) is 18.9 Å². The van der Waals surface area contributed by atoms with Crippen LogP contribution < -0.4 is 0 Å². The predicted molar refractivity (Wildman–Crippen MR) is 91.3 cm³/mol. The molecule has 0 heterocycles. The molecule has 0 spiro atoms. The molecule has 0 aliphatic heterocycles. The molecule has 0 N–H and O–H groups in total. The van der Waals surface area contributed by atoms with E-state index in [1.54, 1.807) is 0 Å². The minimum atomic E-state index is -0.0618. The topological polar surface area (TPSA) is 26.3 Å². The second-order valence-electron chi connectivity index (χ2n) is 6.45. The van der Waals surface area contributed by atoms with Gasteiger partial charge in [-0.3, -0.25) is 4.79 Å². The molecule has 0 aromatic heterocycles. The van der Waals surface area contributed by atoms with Crippen molar-refractivity contribution in [3.8, 4) is 0 Å². The second-order valence-corrected chi connectivity index (χ2v) is 6.45. The molecule has 0 aliphatic carbocycles. The number of esters is 1. The highest BCUT2D eigenvalue weighted by Crippen LogP contribution is 2.24. The molecular formula is C19H36O2. The number of ether oxygens (including phenoxy) is 1. The SMILES string of the molecule is CCCC/C=C(/CCC(=O)OCC)[C@H](C)CCCC(C)C. The molecule has 2 nitrogen and oxygen atoms in total. The summed E-state index contributed by atoms with van der Waals surface area (Å²) in [6, 6.07) is 0. The van der Waals surface area contributed by atoms with E-state index in [1.807, 2.05) is 6.92 Å². The van der Waals surface area contributed by atoms with Crippen LogP contribution in [0.15, 0.2) is 11.6 Å². The number of carbonyl (C=O) groups excluding carboxylic acids is 1. The molecule has 21 heavy (non-hydrogen) atoms. The Morgan fingerprint density at radius 1 is 1.05 bits per heavy atom. The molecule has 0 saturated carbocycles. The number of carbonyl (C=O) groups is 1. The highest BCUT2D eigenvalue weighted by Gasteiger charge is 2.11. The molecule has 2 heteroatoms. The maximum absolute atomic E-state index is 11.6. The largest absolute Gasteiger partial charge is 0.466 e. The molecule has 0 aromatic carbocycles. The van der Waals surface area contributed by atoms with E-state index in [0.717, 1.165) is 18.8 Å². The van der Waals surface area contributed by atoms with Gasteiger partial charge in [-0.1, -0.05) is 65.0 Å². The van der Waals surface area contributed by atoms with Crippen LogP contribution in [0, 0.1) is 11.8 Å². The Morgan fingerprint density at radius 3 is 2.33 bits per heavy atom. The van der Waals surface area contributed by atoms with Gasteiger partial charge in [-0.2, -0.15) is 0 Å². The molecule has 0 saturated heterocycles. The van der Waals surface area contributed by atoms with E-state index in [2.05, 4.69) is 33.8 Å². The van der Waals surface area contributed by atoms with Gasteiger partial charge < -0.3 is 4.74 Å². The third-order valence-electron chi connectivity index (χ3n) is 3.94. The van der Waals surface area contributed by atoms with Gasteiger partial charge in [0.15, 0.2) is 0 Å². The van der Waals surface area contributed by atoms with Gasteiger partial charge in [0, 0.05) is 6.42 Å². The number of hydrogen-bond acceptors (Lipinski definition) is 2. The molecule has 0 aliphatic rings. The molecule has 0 radical (unpaired) electrons. The summed E-state index contributed by atoms with van der Waals surface area (Å²) < 4.78 is 5.04. The fourth-order valence-corrected chi connectivity index (χ4v) is 2.54. The number of unbranched alkanes of at least 4 members (excludes halogenated alkanes) is 2. The van der Waals surface area contributed by atoms with E-state index >= 15 is 0 Å². The fourth-order valence-electron chi connectivity index (χ4n) is 2.54. The van der Waals surface area contributed by atoms with Gasteiger partial charge in [0.2, 0.25) is 0 Å². The van der Waals surface area contributed by atoms with E-state index in [-0.39, 0.29) is 5.97 Å². The normalized spacial score (nSPS) is 13.5. The predicted octanol–water partition coefficient (Wildman–Crippen LogP) is 5.91. The average Bonchev–Trinajstić information content (AvgIpc) is 2.42. The van der Waals surface area contributed by atoms with E-state index in [9.17, 15) is 4.79 Å². The molecule has 0 aromatic rings. The molecule has 124 valence electrons. The standard InChI is InChI=1S/C19H36O2/c1-6-8-9-13-18(14-15-19(20)21-7-2)17(5)12-10-11-16(3)4/h13,16-17H,6-12,14-15H2,1-5H3/b18-13-/t17-/m1/s1. The highest BCUT2D eigenvalue weighted by molar-refractivity contribution is 5.69. The maximum atomic E-state index is 11.6. The molecular weight excluding hydrogens is 260 g/mol. The van der Waals surface area contributed by atoms with Crippen LogP contribution in [0.25, 0.3) is 0 Å².